The summed E-state index contributed by atoms with van der Waals surface area (Å²) >= 11 is 3.72. The predicted octanol–water partition coefficient (Wildman–Crippen LogP) is 3.22. The number of carbonyl (C=O) groups is 2. The van der Waals surface area contributed by atoms with E-state index in [4.69, 9.17) is 0 Å². The summed E-state index contributed by atoms with van der Waals surface area (Å²) in [4.78, 5) is 24.3. The molecule has 0 fully saturated rings. The first kappa shape index (κ1) is 16.6. The smallest absolute Gasteiger partial charge is 0.240 e. The van der Waals surface area contributed by atoms with Crippen molar-refractivity contribution < 1.29 is 9.59 Å². The van der Waals surface area contributed by atoms with E-state index in [1.165, 1.54) is 11.3 Å². The Labute approximate surface area is 146 Å². The van der Waals surface area contributed by atoms with Gasteiger partial charge >= 0.3 is 0 Å². The van der Waals surface area contributed by atoms with E-state index in [0.29, 0.717) is 0 Å². The molecule has 1 aromatic carbocycles. The SMILES string of the molecule is O=C(CCC(=O)Nc1ccc(I)cc1)N/N=C\c1cccs1. The van der Waals surface area contributed by atoms with Crippen LogP contribution in [0.3, 0.4) is 0 Å². The number of hydrogen-bond donors (Lipinski definition) is 2. The van der Waals surface area contributed by atoms with Crippen molar-refractivity contribution in [2.45, 2.75) is 12.8 Å². The molecule has 1 heterocycles. The van der Waals surface area contributed by atoms with E-state index in [1.807, 2.05) is 41.8 Å². The molecular weight excluding hydrogens is 413 g/mol. The van der Waals surface area contributed by atoms with Crippen molar-refractivity contribution in [3.8, 4) is 0 Å². The molecule has 2 rings (SSSR count). The third-order valence-corrected chi connectivity index (χ3v) is 4.16. The molecular formula is C15H14IN3O2S. The summed E-state index contributed by atoms with van der Waals surface area (Å²) in [5.41, 5.74) is 3.13. The van der Waals surface area contributed by atoms with Crippen molar-refractivity contribution >= 4 is 57.6 Å². The molecule has 1 aromatic heterocycles. The quantitative estimate of drug-likeness (QED) is 0.422. The second kappa shape index (κ2) is 8.64. The molecule has 0 aliphatic carbocycles. The van der Waals surface area contributed by atoms with Gasteiger partial charge in [-0.2, -0.15) is 5.10 Å². The molecule has 22 heavy (non-hydrogen) atoms. The number of halogens is 1. The maximum Gasteiger partial charge on any atom is 0.240 e. The third kappa shape index (κ3) is 5.94. The Morgan fingerprint density at radius 2 is 1.86 bits per heavy atom. The normalized spacial score (nSPS) is 10.6. The van der Waals surface area contributed by atoms with Crippen LogP contribution in [0.4, 0.5) is 5.69 Å². The van der Waals surface area contributed by atoms with Gasteiger partial charge in [-0.15, -0.1) is 11.3 Å². The zero-order chi connectivity index (χ0) is 15.8. The predicted molar refractivity (Wildman–Crippen MR) is 97.1 cm³/mol. The van der Waals surface area contributed by atoms with Gasteiger partial charge in [-0.3, -0.25) is 9.59 Å². The maximum absolute atomic E-state index is 11.7. The number of hydrazone groups is 1. The van der Waals surface area contributed by atoms with Crippen molar-refractivity contribution in [3.63, 3.8) is 0 Å². The number of anilines is 1. The largest absolute Gasteiger partial charge is 0.326 e. The van der Waals surface area contributed by atoms with Crippen LogP contribution >= 0.6 is 33.9 Å². The lowest BCUT2D eigenvalue weighted by atomic mass is 10.2. The fraction of sp³-hybridized carbons (Fsp3) is 0.133. The van der Waals surface area contributed by atoms with Crippen LogP contribution in [0.1, 0.15) is 17.7 Å². The molecule has 2 N–H and O–H groups in total. The van der Waals surface area contributed by atoms with Crippen LogP contribution in [-0.2, 0) is 9.59 Å². The number of nitrogens with one attached hydrogen (secondary N) is 2. The molecule has 0 saturated heterocycles. The maximum atomic E-state index is 11.7. The van der Waals surface area contributed by atoms with Crippen LogP contribution in [0.5, 0.6) is 0 Å². The number of nitrogens with zero attached hydrogens (tertiary/aromatic N) is 1. The second-order valence-corrected chi connectivity index (χ2v) is 6.59. The van der Waals surface area contributed by atoms with Gasteiger partial charge in [-0.25, -0.2) is 5.43 Å². The Bertz CT molecular complexity index is 654. The van der Waals surface area contributed by atoms with Crippen LogP contribution in [0.2, 0.25) is 0 Å². The summed E-state index contributed by atoms with van der Waals surface area (Å²) in [7, 11) is 0. The van der Waals surface area contributed by atoms with Crippen LogP contribution in [0.15, 0.2) is 46.9 Å². The van der Waals surface area contributed by atoms with Crippen molar-refractivity contribution in [1.82, 2.24) is 5.43 Å². The van der Waals surface area contributed by atoms with E-state index in [0.717, 1.165) is 14.1 Å². The molecule has 114 valence electrons. The lowest BCUT2D eigenvalue weighted by Crippen LogP contribution is -2.20. The number of rotatable bonds is 6. The fourth-order valence-electron chi connectivity index (χ4n) is 1.57. The second-order valence-electron chi connectivity index (χ2n) is 4.36. The highest BCUT2D eigenvalue weighted by atomic mass is 127. The zero-order valence-electron chi connectivity index (χ0n) is 11.6. The summed E-state index contributed by atoms with van der Waals surface area (Å²) in [6.07, 6.45) is 1.79. The van der Waals surface area contributed by atoms with E-state index >= 15 is 0 Å². The number of amides is 2. The summed E-state index contributed by atoms with van der Waals surface area (Å²) in [6.45, 7) is 0. The molecule has 0 aliphatic heterocycles. The van der Waals surface area contributed by atoms with Crippen LogP contribution in [-0.4, -0.2) is 18.0 Å². The zero-order valence-corrected chi connectivity index (χ0v) is 14.6. The average Bonchev–Trinajstić information content (AvgIpc) is 3.01. The molecule has 0 atom stereocenters. The van der Waals surface area contributed by atoms with Crippen molar-refractivity contribution in [1.29, 1.82) is 0 Å². The molecule has 2 amide bonds. The molecule has 0 saturated carbocycles. The van der Waals surface area contributed by atoms with E-state index in [1.54, 1.807) is 6.21 Å². The number of carbonyl (C=O) groups excluding carboxylic acids is 2. The van der Waals surface area contributed by atoms with Gasteiger partial charge in [0.05, 0.1) is 6.21 Å². The highest BCUT2D eigenvalue weighted by molar-refractivity contribution is 14.1. The summed E-state index contributed by atoms with van der Waals surface area (Å²) in [6, 6.07) is 11.3. The van der Waals surface area contributed by atoms with Gasteiger partial charge in [0.2, 0.25) is 11.8 Å². The molecule has 2 aromatic rings. The Kier molecular flexibility index (Phi) is 6.53. The van der Waals surface area contributed by atoms with Gasteiger partial charge in [-0.1, -0.05) is 6.07 Å². The summed E-state index contributed by atoms with van der Waals surface area (Å²) in [5, 5.41) is 8.51. The van der Waals surface area contributed by atoms with Gasteiger partial charge in [0.15, 0.2) is 0 Å². The average molecular weight is 427 g/mol. The third-order valence-electron chi connectivity index (χ3n) is 2.63. The first-order chi connectivity index (χ1) is 10.6. The van der Waals surface area contributed by atoms with Crippen molar-refractivity contribution in [3.05, 3.63) is 50.2 Å². The topological polar surface area (TPSA) is 70.6 Å². The summed E-state index contributed by atoms with van der Waals surface area (Å²) in [5.74, 6) is -0.482. The minimum absolute atomic E-state index is 0.0952. The molecule has 0 aliphatic rings. The Hall–Kier alpha value is -1.74. The minimum Gasteiger partial charge on any atom is -0.326 e. The number of benzene rings is 1. The molecule has 0 radical (unpaired) electrons. The fourth-order valence-corrected chi connectivity index (χ4v) is 2.52. The van der Waals surface area contributed by atoms with Gasteiger partial charge in [0.25, 0.3) is 0 Å². The molecule has 0 unspecified atom stereocenters. The number of hydrogen-bond acceptors (Lipinski definition) is 4. The van der Waals surface area contributed by atoms with E-state index in [2.05, 4.69) is 38.4 Å². The van der Waals surface area contributed by atoms with Crippen molar-refractivity contribution in [2.75, 3.05) is 5.32 Å². The Balaban J connectivity index is 1.69. The lowest BCUT2D eigenvalue weighted by molar-refractivity contribution is -0.124. The first-order valence-electron chi connectivity index (χ1n) is 6.54. The van der Waals surface area contributed by atoms with Crippen molar-refractivity contribution in [2.24, 2.45) is 5.10 Å². The molecule has 5 nitrogen and oxygen atoms in total. The molecule has 0 spiro atoms. The Morgan fingerprint density at radius 1 is 1.14 bits per heavy atom. The van der Waals surface area contributed by atoms with Gasteiger partial charge in [0.1, 0.15) is 0 Å². The minimum atomic E-state index is -0.287. The van der Waals surface area contributed by atoms with Crippen LogP contribution < -0.4 is 10.7 Å². The van der Waals surface area contributed by atoms with Crippen LogP contribution in [0, 0.1) is 3.57 Å². The number of thiophene rings is 1. The van der Waals surface area contributed by atoms with E-state index in [-0.39, 0.29) is 24.7 Å². The first-order valence-corrected chi connectivity index (χ1v) is 8.50. The molecule has 7 heteroatoms. The highest BCUT2D eigenvalue weighted by Gasteiger charge is 2.06. The monoisotopic (exact) mass is 427 g/mol. The standard InChI is InChI=1S/C15H14IN3O2S/c16-11-3-5-12(6-4-11)18-14(20)7-8-15(21)19-17-10-13-2-1-9-22-13/h1-6,9-10H,7-8H2,(H,18,20)(H,19,21)/b17-10-. The van der Waals surface area contributed by atoms with Crippen LogP contribution in [0.25, 0.3) is 0 Å². The van der Waals surface area contributed by atoms with E-state index < -0.39 is 0 Å². The van der Waals surface area contributed by atoms with Gasteiger partial charge in [0, 0.05) is 27.0 Å². The highest BCUT2D eigenvalue weighted by Crippen LogP contribution is 2.11. The summed E-state index contributed by atoms with van der Waals surface area (Å²) < 4.78 is 1.10. The lowest BCUT2D eigenvalue weighted by Gasteiger charge is -2.04. The molecule has 0 bridgehead atoms. The van der Waals surface area contributed by atoms with Gasteiger partial charge < -0.3 is 5.32 Å². The van der Waals surface area contributed by atoms with E-state index in [9.17, 15) is 9.59 Å². The van der Waals surface area contributed by atoms with Gasteiger partial charge in [-0.05, 0) is 58.3 Å². The Morgan fingerprint density at radius 3 is 2.55 bits per heavy atom.